The van der Waals surface area contributed by atoms with Gasteiger partial charge in [0.25, 0.3) is 0 Å². The summed E-state index contributed by atoms with van der Waals surface area (Å²) in [4.78, 5) is 0. The largest absolute Gasteiger partial charge is 0.397 e. The standard InChI is InChI=1S/C9H8FN3/c1-5-2-3-6(10)8-7(11)4-12-13-9(5)8/h2-4H,1H3,(H2,11,13). The minimum Gasteiger partial charge on any atom is -0.397 e. The van der Waals surface area contributed by atoms with Crippen LogP contribution in [0.15, 0.2) is 18.3 Å². The normalized spacial score (nSPS) is 10.6. The number of fused-ring (bicyclic) bond motifs is 1. The molecule has 1 aromatic carbocycles. The van der Waals surface area contributed by atoms with Crippen molar-refractivity contribution in [2.75, 3.05) is 5.73 Å². The zero-order valence-electron chi connectivity index (χ0n) is 7.08. The third-order valence-corrected chi connectivity index (χ3v) is 1.97. The van der Waals surface area contributed by atoms with Gasteiger partial charge < -0.3 is 5.73 Å². The van der Waals surface area contributed by atoms with Crippen molar-refractivity contribution in [3.8, 4) is 0 Å². The Hall–Kier alpha value is -1.71. The van der Waals surface area contributed by atoms with Crippen LogP contribution in [0.25, 0.3) is 10.9 Å². The van der Waals surface area contributed by atoms with E-state index in [2.05, 4.69) is 10.2 Å². The van der Waals surface area contributed by atoms with E-state index in [4.69, 9.17) is 5.73 Å². The van der Waals surface area contributed by atoms with Gasteiger partial charge in [-0.05, 0) is 18.6 Å². The van der Waals surface area contributed by atoms with Gasteiger partial charge in [0.1, 0.15) is 11.3 Å². The van der Waals surface area contributed by atoms with Crippen molar-refractivity contribution >= 4 is 16.6 Å². The van der Waals surface area contributed by atoms with E-state index in [-0.39, 0.29) is 5.82 Å². The first-order valence-corrected chi connectivity index (χ1v) is 3.86. The molecule has 4 heteroatoms. The maximum Gasteiger partial charge on any atom is 0.134 e. The predicted octanol–water partition coefficient (Wildman–Crippen LogP) is 1.66. The molecule has 13 heavy (non-hydrogen) atoms. The fourth-order valence-electron chi connectivity index (χ4n) is 1.29. The number of aromatic nitrogens is 2. The molecule has 0 amide bonds. The Morgan fingerprint density at radius 1 is 1.38 bits per heavy atom. The molecule has 0 spiro atoms. The Bertz CT molecular complexity index is 459. The molecule has 0 aliphatic heterocycles. The molecule has 2 aromatic rings. The van der Waals surface area contributed by atoms with Gasteiger partial charge in [0.15, 0.2) is 0 Å². The number of nitrogens with two attached hydrogens (primary N) is 1. The molecule has 1 aromatic heterocycles. The average Bonchev–Trinajstić information content (AvgIpc) is 2.12. The van der Waals surface area contributed by atoms with Crippen LogP contribution in [-0.2, 0) is 0 Å². The first kappa shape index (κ1) is 7.91. The molecule has 0 bridgehead atoms. The molecule has 1 heterocycles. The maximum absolute atomic E-state index is 13.3. The molecule has 0 aliphatic carbocycles. The van der Waals surface area contributed by atoms with E-state index in [1.165, 1.54) is 12.3 Å². The second-order valence-corrected chi connectivity index (χ2v) is 2.89. The van der Waals surface area contributed by atoms with Crippen molar-refractivity contribution in [3.05, 3.63) is 29.7 Å². The summed E-state index contributed by atoms with van der Waals surface area (Å²) < 4.78 is 13.3. The van der Waals surface area contributed by atoms with E-state index in [9.17, 15) is 4.39 Å². The number of nitrogen functional groups attached to an aromatic ring is 1. The molecule has 3 nitrogen and oxygen atoms in total. The van der Waals surface area contributed by atoms with Crippen LogP contribution < -0.4 is 5.73 Å². The van der Waals surface area contributed by atoms with Gasteiger partial charge in [0, 0.05) is 0 Å². The van der Waals surface area contributed by atoms with Gasteiger partial charge in [0.2, 0.25) is 0 Å². The topological polar surface area (TPSA) is 51.8 Å². The number of halogens is 1. The molecule has 0 fully saturated rings. The quantitative estimate of drug-likeness (QED) is 0.665. The van der Waals surface area contributed by atoms with Crippen molar-refractivity contribution in [1.29, 1.82) is 0 Å². The van der Waals surface area contributed by atoms with Crippen molar-refractivity contribution in [2.45, 2.75) is 6.92 Å². The maximum atomic E-state index is 13.3. The zero-order valence-corrected chi connectivity index (χ0v) is 7.08. The molecule has 0 saturated heterocycles. The smallest absolute Gasteiger partial charge is 0.134 e. The van der Waals surface area contributed by atoms with Crippen LogP contribution in [0.5, 0.6) is 0 Å². The highest BCUT2D eigenvalue weighted by molar-refractivity contribution is 5.91. The summed E-state index contributed by atoms with van der Waals surface area (Å²) in [6.45, 7) is 1.84. The summed E-state index contributed by atoms with van der Waals surface area (Å²) >= 11 is 0. The van der Waals surface area contributed by atoms with E-state index < -0.39 is 0 Å². The first-order chi connectivity index (χ1) is 6.20. The number of aryl methyl sites for hydroxylation is 1. The van der Waals surface area contributed by atoms with E-state index >= 15 is 0 Å². The summed E-state index contributed by atoms with van der Waals surface area (Å²) in [6.07, 6.45) is 1.35. The van der Waals surface area contributed by atoms with Gasteiger partial charge in [-0.1, -0.05) is 6.07 Å². The SMILES string of the molecule is Cc1ccc(F)c2c(N)cnnc12. The molecule has 0 atom stereocenters. The van der Waals surface area contributed by atoms with Crippen LogP contribution in [0.2, 0.25) is 0 Å². The van der Waals surface area contributed by atoms with Crippen LogP contribution in [0.1, 0.15) is 5.56 Å². The van der Waals surface area contributed by atoms with E-state index in [1.807, 2.05) is 6.92 Å². The molecule has 2 N–H and O–H groups in total. The summed E-state index contributed by atoms with van der Waals surface area (Å²) in [5.74, 6) is -0.354. The fourth-order valence-corrected chi connectivity index (χ4v) is 1.29. The van der Waals surface area contributed by atoms with Crippen LogP contribution in [0.4, 0.5) is 10.1 Å². The number of anilines is 1. The highest BCUT2D eigenvalue weighted by Gasteiger charge is 2.07. The summed E-state index contributed by atoms with van der Waals surface area (Å²) in [7, 11) is 0. The molecule has 66 valence electrons. The second kappa shape index (κ2) is 2.65. The van der Waals surface area contributed by atoms with Gasteiger partial charge >= 0.3 is 0 Å². The van der Waals surface area contributed by atoms with Crippen molar-refractivity contribution in [1.82, 2.24) is 10.2 Å². The van der Waals surface area contributed by atoms with Crippen LogP contribution >= 0.6 is 0 Å². The lowest BCUT2D eigenvalue weighted by Crippen LogP contribution is -1.95. The van der Waals surface area contributed by atoms with Gasteiger partial charge in [-0.2, -0.15) is 5.10 Å². The lowest BCUT2D eigenvalue weighted by Gasteiger charge is -2.03. The lowest BCUT2D eigenvalue weighted by molar-refractivity contribution is 0.639. The zero-order chi connectivity index (χ0) is 9.42. The highest BCUT2D eigenvalue weighted by Crippen LogP contribution is 2.23. The molecular formula is C9H8FN3. The second-order valence-electron chi connectivity index (χ2n) is 2.89. The average molecular weight is 177 g/mol. The third-order valence-electron chi connectivity index (χ3n) is 1.97. The van der Waals surface area contributed by atoms with Crippen molar-refractivity contribution in [2.24, 2.45) is 0 Å². The number of nitrogens with zero attached hydrogens (tertiary/aromatic N) is 2. The minimum atomic E-state index is -0.354. The van der Waals surface area contributed by atoms with Crippen molar-refractivity contribution in [3.63, 3.8) is 0 Å². The third kappa shape index (κ3) is 1.11. The minimum absolute atomic E-state index is 0.325. The Kier molecular flexibility index (Phi) is 1.62. The highest BCUT2D eigenvalue weighted by atomic mass is 19.1. The fraction of sp³-hybridized carbons (Fsp3) is 0.111. The summed E-state index contributed by atoms with van der Waals surface area (Å²) in [5.41, 5.74) is 7.31. The molecule has 0 saturated carbocycles. The Morgan fingerprint density at radius 3 is 2.85 bits per heavy atom. The van der Waals surface area contributed by atoms with Crippen LogP contribution in [0, 0.1) is 12.7 Å². The monoisotopic (exact) mass is 177 g/mol. The Labute approximate surface area is 74.4 Å². The number of rotatable bonds is 0. The van der Waals surface area contributed by atoms with E-state index in [0.717, 1.165) is 5.56 Å². The van der Waals surface area contributed by atoms with Crippen LogP contribution in [0.3, 0.4) is 0 Å². The number of hydrogen-bond donors (Lipinski definition) is 1. The Balaban J connectivity index is 3.00. The van der Waals surface area contributed by atoms with Gasteiger partial charge in [-0.15, -0.1) is 5.10 Å². The number of benzene rings is 1. The molecule has 0 unspecified atom stereocenters. The van der Waals surface area contributed by atoms with E-state index in [1.54, 1.807) is 6.07 Å². The molecule has 2 rings (SSSR count). The predicted molar refractivity (Wildman–Crippen MR) is 48.6 cm³/mol. The molecular weight excluding hydrogens is 169 g/mol. The summed E-state index contributed by atoms with van der Waals surface area (Å²) in [5, 5.41) is 7.86. The first-order valence-electron chi connectivity index (χ1n) is 3.86. The Morgan fingerprint density at radius 2 is 2.15 bits per heavy atom. The van der Waals surface area contributed by atoms with Crippen LogP contribution in [-0.4, -0.2) is 10.2 Å². The molecule has 0 aliphatic rings. The number of hydrogen-bond acceptors (Lipinski definition) is 3. The van der Waals surface area contributed by atoms with Crippen molar-refractivity contribution < 1.29 is 4.39 Å². The lowest BCUT2D eigenvalue weighted by atomic mass is 10.1. The van der Waals surface area contributed by atoms with Gasteiger partial charge in [-0.25, -0.2) is 4.39 Å². The van der Waals surface area contributed by atoms with Gasteiger partial charge in [-0.3, -0.25) is 0 Å². The van der Waals surface area contributed by atoms with Gasteiger partial charge in [0.05, 0.1) is 17.3 Å². The summed E-state index contributed by atoms with van der Waals surface area (Å²) in [6, 6.07) is 3.04. The van der Waals surface area contributed by atoms with E-state index in [0.29, 0.717) is 16.6 Å². The molecule has 0 radical (unpaired) electrons.